The van der Waals surface area contributed by atoms with Gasteiger partial charge in [-0.25, -0.2) is 18.6 Å². The normalized spacial score (nSPS) is 10.4. The highest BCUT2D eigenvalue weighted by molar-refractivity contribution is 6.33. The third-order valence-corrected chi connectivity index (χ3v) is 2.13. The van der Waals surface area contributed by atoms with E-state index < -0.39 is 39.3 Å². The summed E-state index contributed by atoms with van der Waals surface area (Å²) in [6.45, 7) is 0. The van der Waals surface area contributed by atoms with Crippen LogP contribution in [-0.4, -0.2) is 23.0 Å². The number of carbonyl (C=O) groups is 1. The highest BCUT2D eigenvalue weighted by Crippen LogP contribution is 2.34. The quantitative estimate of drug-likeness (QED) is 0.363. The number of hydrogen-bond donors (Lipinski definition) is 0. The Morgan fingerprint density at radius 2 is 2.24 bits per heavy atom. The molecule has 0 aliphatic heterocycles. The first kappa shape index (κ1) is 13.2. The highest BCUT2D eigenvalue weighted by atomic mass is 35.5. The van der Waals surface area contributed by atoms with Gasteiger partial charge in [0.15, 0.2) is 10.7 Å². The van der Waals surface area contributed by atoms with Gasteiger partial charge < -0.3 is 4.74 Å². The minimum Gasteiger partial charge on any atom is -0.465 e. The number of nitrogens with zero attached hydrogens (tertiary/aromatic N) is 2. The number of rotatable bonds is 3. The van der Waals surface area contributed by atoms with Crippen LogP contribution < -0.4 is 0 Å². The van der Waals surface area contributed by atoms with E-state index >= 15 is 0 Å². The van der Waals surface area contributed by atoms with Crippen molar-refractivity contribution in [2.45, 2.75) is 6.43 Å². The fraction of sp³-hybridized carbons (Fsp3) is 0.250. The lowest BCUT2D eigenvalue weighted by Gasteiger charge is -2.06. The van der Waals surface area contributed by atoms with Crippen LogP contribution in [-0.2, 0) is 4.74 Å². The van der Waals surface area contributed by atoms with Crippen LogP contribution in [0, 0.1) is 10.1 Å². The third-order valence-electron chi connectivity index (χ3n) is 1.84. The van der Waals surface area contributed by atoms with Gasteiger partial charge in [-0.2, -0.15) is 0 Å². The number of pyridine rings is 1. The topological polar surface area (TPSA) is 82.3 Å². The summed E-state index contributed by atoms with van der Waals surface area (Å²) in [6.07, 6.45) is -2.60. The molecule has 0 aliphatic rings. The van der Waals surface area contributed by atoms with Gasteiger partial charge in [0.25, 0.3) is 12.1 Å². The fourth-order valence-corrected chi connectivity index (χ4v) is 1.35. The van der Waals surface area contributed by atoms with E-state index in [4.69, 9.17) is 11.6 Å². The number of carbonyl (C=O) groups excluding carboxylic acids is 1. The zero-order valence-corrected chi connectivity index (χ0v) is 9.07. The maximum Gasteiger partial charge on any atom is 0.348 e. The smallest absolute Gasteiger partial charge is 0.348 e. The Bertz CT molecular complexity index is 481. The van der Waals surface area contributed by atoms with Crippen LogP contribution in [0.4, 0.5) is 14.5 Å². The Morgan fingerprint density at radius 1 is 1.65 bits per heavy atom. The summed E-state index contributed by atoms with van der Waals surface area (Å²) in [7, 11) is 0.942. The summed E-state index contributed by atoms with van der Waals surface area (Å²) >= 11 is 5.46. The molecule has 1 heterocycles. The first-order valence-corrected chi connectivity index (χ1v) is 4.47. The summed E-state index contributed by atoms with van der Waals surface area (Å²) in [6, 6.07) is 0. The van der Waals surface area contributed by atoms with Crippen LogP contribution in [0.3, 0.4) is 0 Å². The van der Waals surface area contributed by atoms with Gasteiger partial charge in [0, 0.05) is 6.20 Å². The molecule has 0 saturated carbocycles. The lowest BCUT2D eigenvalue weighted by molar-refractivity contribution is -0.386. The van der Waals surface area contributed by atoms with Gasteiger partial charge in [-0.3, -0.25) is 10.1 Å². The van der Waals surface area contributed by atoms with E-state index in [-0.39, 0.29) is 0 Å². The Labute approximate surface area is 98.3 Å². The van der Waals surface area contributed by atoms with Gasteiger partial charge in [-0.05, 0) is 0 Å². The van der Waals surface area contributed by atoms with E-state index in [1.165, 1.54) is 0 Å². The molecule has 0 N–H and O–H groups in total. The van der Waals surface area contributed by atoms with Crippen molar-refractivity contribution in [2.24, 2.45) is 0 Å². The Balaban J connectivity index is 3.60. The first-order valence-electron chi connectivity index (χ1n) is 4.09. The van der Waals surface area contributed by atoms with Crippen LogP contribution in [0.25, 0.3) is 0 Å². The number of esters is 1. The zero-order chi connectivity index (χ0) is 13.2. The van der Waals surface area contributed by atoms with E-state index in [1.54, 1.807) is 0 Å². The Kier molecular flexibility index (Phi) is 3.89. The summed E-state index contributed by atoms with van der Waals surface area (Å²) < 4.78 is 29.3. The lowest BCUT2D eigenvalue weighted by Crippen LogP contribution is -2.10. The van der Waals surface area contributed by atoms with Crippen LogP contribution in [0.15, 0.2) is 6.20 Å². The number of alkyl halides is 2. The number of methoxy groups -OCH3 is 1. The van der Waals surface area contributed by atoms with Crippen molar-refractivity contribution >= 4 is 23.3 Å². The van der Waals surface area contributed by atoms with Gasteiger partial charge in [-0.15, -0.1) is 0 Å². The monoisotopic (exact) mass is 266 g/mol. The summed E-state index contributed by atoms with van der Waals surface area (Å²) in [5.41, 5.74) is -2.86. The molecule has 17 heavy (non-hydrogen) atoms. The number of ether oxygens (including phenoxy) is 1. The molecule has 0 unspecified atom stereocenters. The second-order valence-electron chi connectivity index (χ2n) is 2.78. The molecule has 1 rings (SSSR count). The first-order chi connectivity index (χ1) is 7.90. The summed E-state index contributed by atoms with van der Waals surface area (Å²) in [4.78, 5) is 24.1. The Morgan fingerprint density at radius 3 is 2.65 bits per heavy atom. The number of nitro groups is 1. The molecule has 0 aromatic carbocycles. The predicted molar refractivity (Wildman–Crippen MR) is 52.2 cm³/mol. The van der Waals surface area contributed by atoms with Gasteiger partial charge in [0.1, 0.15) is 5.56 Å². The summed E-state index contributed by atoms with van der Waals surface area (Å²) in [5.74, 6) is -1.20. The van der Waals surface area contributed by atoms with Crippen molar-refractivity contribution in [3.05, 3.63) is 32.6 Å². The minimum atomic E-state index is -3.15. The average molecular weight is 267 g/mol. The van der Waals surface area contributed by atoms with E-state index in [1.807, 2.05) is 0 Å². The van der Waals surface area contributed by atoms with E-state index in [2.05, 4.69) is 9.72 Å². The number of aromatic nitrogens is 1. The molecule has 92 valence electrons. The fourth-order valence-electron chi connectivity index (χ4n) is 1.13. The maximum absolute atomic E-state index is 12.5. The molecule has 0 radical (unpaired) electrons. The molecule has 0 aliphatic carbocycles. The maximum atomic E-state index is 12.5. The predicted octanol–water partition coefficient (Wildman–Crippen LogP) is 2.37. The average Bonchev–Trinajstić information content (AvgIpc) is 2.26. The molecule has 0 saturated heterocycles. The van der Waals surface area contributed by atoms with Crippen LogP contribution in [0.5, 0.6) is 0 Å². The molecular weight excluding hydrogens is 262 g/mol. The van der Waals surface area contributed by atoms with Gasteiger partial charge in [0.05, 0.1) is 12.0 Å². The van der Waals surface area contributed by atoms with Crippen molar-refractivity contribution in [2.75, 3.05) is 7.11 Å². The number of halogens is 3. The second kappa shape index (κ2) is 5.00. The largest absolute Gasteiger partial charge is 0.465 e. The molecular formula is C8H5ClF2N2O4. The molecule has 0 amide bonds. The standard InChI is InChI=1S/C8H5ClF2N2O4/c1-17-8(14)4-5(13(15)16)3(7(10)11)2-12-6(4)9/h2,7H,1H3. The SMILES string of the molecule is COC(=O)c1c(Cl)ncc(C(F)F)c1[N+](=O)[O-]. The zero-order valence-electron chi connectivity index (χ0n) is 8.32. The third kappa shape index (κ3) is 2.47. The van der Waals surface area contributed by atoms with Crippen molar-refractivity contribution < 1.29 is 23.2 Å². The van der Waals surface area contributed by atoms with Crippen LogP contribution in [0.1, 0.15) is 22.3 Å². The van der Waals surface area contributed by atoms with Gasteiger partial charge >= 0.3 is 5.97 Å². The molecule has 1 aromatic heterocycles. The number of hydrogen-bond acceptors (Lipinski definition) is 5. The van der Waals surface area contributed by atoms with Gasteiger partial charge in [-0.1, -0.05) is 11.6 Å². The highest BCUT2D eigenvalue weighted by Gasteiger charge is 2.33. The molecule has 1 aromatic rings. The van der Waals surface area contributed by atoms with E-state index in [0.717, 1.165) is 7.11 Å². The molecule has 0 fully saturated rings. The molecule has 0 spiro atoms. The Hall–Kier alpha value is -1.83. The minimum absolute atomic E-state index is 0.553. The molecule has 0 bridgehead atoms. The van der Waals surface area contributed by atoms with E-state index in [9.17, 15) is 23.7 Å². The molecule has 6 nitrogen and oxygen atoms in total. The van der Waals surface area contributed by atoms with Crippen LogP contribution >= 0.6 is 11.6 Å². The lowest BCUT2D eigenvalue weighted by atomic mass is 10.1. The van der Waals surface area contributed by atoms with Crippen LogP contribution in [0.2, 0.25) is 5.15 Å². The van der Waals surface area contributed by atoms with Crippen molar-refractivity contribution in [3.63, 3.8) is 0 Å². The summed E-state index contributed by atoms with van der Waals surface area (Å²) in [5, 5.41) is 10.1. The van der Waals surface area contributed by atoms with Crippen molar-refractivity contribution in [3.8, 4) is 0 Å². The van der Waals surface area contributed by atoms with Gasteiger partial charge in [0.2, 0.25) is 0 Å². The molecule has 0 atom stereocenters. The second-order valence-corrected chi connectivity index (χ2v) is 3.14. The van der Waals surface area contributed by atoms with Crippen molar-refractivity contribution in [1.82, 2.24) is 4.98 Å². The van der Waals surface area contributed by atoms with Crippen molar-refractivity contribution in [1.29, 1.82) is 0 Å². The molecule has 9 heteroatoms. The van der Waals surface area contributed by atoms with E-state index in [0.29, 0.717) is 6.20 Å².